The van der Waals surface area contributed by atoms with Crippen LogP contribution in [-0.4, -0.2) is 19.3 Å². The van der Waals surface area contributed by atoms with Gasteiger partial charge in [-0.15, -0.1) is 0 Å². The van der Waals surface area contributed by atoms with Crippen LogP contribution in [0.5, 0.6) is 0 Å². The zero-order valence-electron chi connectivity index (χ0n) is 8.92. The Bertz CT molecular complexity index is 334. The molecule has 1 aliphatic heterocycles. The van der Waals surface area contributed by atoms with Crippen molar-refractivity contribution in [1.29, 1.82) is 0 Å². The second-order valence-electron chi connectivity index (χ2n) is 4.04. The van der Waals surface area contributed by atoms with Gasteiger partial charge in [0.2, 0.25) is 0 Å². The zero-order chi connectivity index (χ0) is 10.7. The van der Waals surface area contributed by atoms with E-state index in [2.05, 4.69) is 5.32 Å². The van der Waals surface area contributed by atoms with Gasteiger partial charge in [0.25, 0.3) is 0 Å². The Balaban J connectivity index is 1.94. The van der Waals surface area contributed by atoms with Gasteiger partial charge in [-0.2, -0.15) is 0 Å². The van der Waals surface area contributed by atoms with Crippen LogP contribution >= 0.6 is 0 Å². The fourth-order valence-corrected chi connectivity index (χ4v) is 1.79. The van der Waals surface area contributed by atoms with Gasteiger partial charge in [-0.1, -0.05) is 17.7 Å². The van der Waals surface area contributed by atoms with Gasteiger partial charge in [0, 0.05) is 24.8 Å². The van der Waals surface area contributed by atoms with E-state index in [0.717, 1.165) is 30.8 Å². The van der Waals surface area contributed by atoms with E-state index in [1.165, 1.54) is 6.07 Å². The van der Waals surface area contributed by atoms with Gasteiger partial charge < -0.3 is 10.1 Å². The van der Waals surface area contributed by atoms with E-state index in [0.29, 0.717) is 12.6 Å². The van der Waals surface area contributed by atoms with Gasteiger partial charge in [-0.3, -0.25) is 0 Å². The zero-order valence-corrected chi connectivity index (χ0v) is 8.92. The molecule has 1 unspecified atom stereocenters. The molecule has 3 heteroatoms. The normalized spacial score (nSPS) is 20.8. The van der Waals surface area contributed by atoms with Crippen molar-refractivity contribution in [3.8, 4) is 0 Å². The lowest BCUT2D eigenvalue weighted by Crippen LogP contribution is -2.28. The third-order valence-electron chi connectivity index (χ3n) is 2.71. The van der Waals surface area contributed by atoms with Crippen LogP contribution in [0.1, 0.15) is 17.5 Å². The molecule has 1 aromatic carbocycles. The standard InChI is InChI=1S/C12H16FNO/c1-9-2-3-12(13)10(6-9)7-14-11-4-5-15-8-11/h2-3,6,11,14H,4-5,7-8H2,1H3. The summed E-state index contributed by atoms with van der Waals surface area (Å²) in [6, 6.07) is 5.58. The number of aryl methyl sites for hydroxylation is 1. The quantitative estimate of drug-likeness (QED) is 0.822. The van der Waals surface area contributed by atoms with Crippen molar-refractivity contribution >= 4 is 0 Å². The molecule has 2 rings (SSSR count). The molecule has 0 radical (unpaired) electrons. The van der Waals surface area contributed by atoms with E-state index in [9.17, 15) is 4.39 Å². The summed E-state index contributed by atoms with van der Waals surface area (Å²) in [5.74, 6) is -0.132. The predicted octanol–water partition coefficient (Wildman–Crippen LogP) is 2.01. The largest absolute Gasteiger partial charge is 0.380 e. The van der Waals surface area contributed by atoms with Crippen LogP contribution in [0.25, 0.3) is 0 Å². The Kier molecular flexibility index (Phi) is 3.34. The van der Waals surface area contributed by atoms with E-state index < -0.39 is 0 Å². The molecule has 1 aliphatic rings. The summed E-state index contributed by atoms with van der Waals surface area (Å²) in [7, 11) is 0. The highest BCUT2D eigenvalue weighted by molar-refractivity contribution is 5.23. The van der Waals surface area contributed by atoms with Crippen LogP contribution in [0.2, 0.25) is 0 Å². The van der Waals surface area contributed by atoms with Gasteiger partial charge in [-0.25, -0.2) is 4.39 Å². The molecular formula is C12H16FNO. The lowest BCUT2D eigenvalue weighted by molar-refractivity contribution is 0.189. The maximum Gasteiger partial charge on any atom is 0.127 e. The van der Waals surface area contributed by atoms with Crippen LogP contribution in [0.4, 0.5) is 4.39 Å². The minimum Gasteiger partial charge on any atom is -0.380 e. The second-order valence-corrected chi connectivity index (χ2v) is 4.04. The first-order valence-electron chi connectivity index (χ1n) is 5.32. The molecule has 0 bridgehead atoms. The fourth-order valence-electron chi connectivity index (χ4n) is 1.79. The average molecular weight is 209 g/mol. The highest BCUT2D eigenvalue weighted by atomic mass is 19.1. The summed E-state index contributed by atoms with van der Waals surface area (Å²) in [5, 5.41) is 3.30. The van der Waals surface area contributed by atoms with E-state index in [1.54, 1.807) is 6.07 Å². The molecule has 0 amide bonds. The number of halogens is 1. The molecule has 1 N–H and O–H groups in total. The molecule has 2 nitrogen and oxygen atoms in total. The maximum absolute atomic E-state index is 13.4. The third-order valence-corrected chi connectivity index (χ3v) is 2.71. The first-order chi connectivity index (χ1) is 7.25. The van der Waals surface area contributed by atoms with Gasteiger partial charge in [0.15, 0.2) is 0 Å². The summed E-state index contributed by atoms with van der Waals surface area (Å²) >= 11 is 0. The van der Waals surface area contributed by atoms with Crippen LogP contribution in [0.15, 0.2) is 18.2 Å². The highest BCUT2D eigenvalue weighted by Crippen LogP contribution is 2.11. The Morgan fingerprint density at radius 3 is 3.13 bits per heavy atom. The van der Waals surface area contributed by atoms with Crippen molar-refractivity contribution in [1.82, 2.24) is 5.32 Å². The van der Waals surface area contributed by atoms with Gasteiger partial charge in [-0.05, 0) is 19.4 Å². The van der Waals surface area contributed by atoms with Crippen molar-refractivity contribution in [2.45, 2.75) is 25.9 Å². The maximum atomic E-state index is 13.4. The lowest BCUT2D eigenvalue weighted by atomic mass is 10.1. The van der Waals surface area contributed by atoms with Gasteiger partial charge >= 0.3 is 0 Å². The summed E-state index contributed by atoms with van der Waals surface area (Å²) in [4.78, 5) is 0. The molecule has 0 saturated carbocycles. The van der Waals surface area contributed by atoms with E-state index in [1.807, 2.05) is 13.0 Å². The summed E-state index contributed by atoms with van der Waals surface area (Å²) in [6.07, 6.45) is 1.02. The van der Waals surface area contributed by atoms with Crippen LogP contribution < -0.4 is 5.32 Å². The number of rotatable bonds is 3. The summed E-state index contributed by atoms with van der Waals surface area (Å²) in [5.41, 5.74) is 1.83. The number of ether oxygens (including phenoxy) is 1. The molecule has 1 saturated heterocycles. The van der Waals surface area contributed by atoms with E-state index >= 15 is 0 Å². The first kappa shape index (κ1) is 10.6. The van der Waals surface area contributed by atoms with E-state index in [4.69, 9.17) is 4.74 Å². The molecule has 1 heterocycles. The summed E-state index contributed by atoms with van der Waals surface area (Å²) in [6.45, 7) is 4.12. The molecule has 1 atom stereocenters. The monoisotopic (exact) mass is 209 g/mol. The lowest BCUT2D eigenvalue weighted by Gasteiger charge is -2.11. The molecule has 1 aromatic rings. The van der Waals surface area contributed by atoms with Crippen molar-refractivity contribution in [3.05, 3.63) is 35.1 Å². The minimum atomic E-state index is -0.132. The predicted molar refractivity (Wildman–Crippen MR) is 57.2 cm³/mol. The first-order valence-corrected chi connectivity index (χ1v) is 5.32. The molecular weight excluding hydrogens is 193 g/mol. The summed E-state index contributed by atoms with van der Waals surface area (Å²) < 4.78 is 18.6. The minimum absolute atomic E-state index is 0.132. The molecule has 0 spiro atoms. The average Bonchev–Trinajstić information content (AvgIpc) is 2.72. The number of benzene rings is 1. The second kappa shape index (κ2) is 4.73. The van der Waals surface area contributed by atoms with Crippen LogP contribution in [0, 0.1) is 12.7 Å². The van der Waals surface area contributed by atoms with Crippen molar-refractivity contribution < 1.29 is 9.13 Å². The van der Waals surface area contributed by atoms with Crippen molar-refractivity contribution in [2.75, 3.05) is 13.2 Å². The van der Waals surface area contributed by atoms with Gasteiger partial charge in [0.05, 0.1) is 6.61 Å². The van der Waals surface area contributed by atoms with Crippen molar-refractivity contribution in [2.24, 2.45) is 0 Å². The Morgan fingerprint density at radius 1 is 1.53 bits per heavy atom. The molecule has 0 aromatic heterocycles. The molecule has 15 heavy (non-hydrogen) atoms. The van der Waals surface area contributed by atoms with Crippen molar-refractivity contribution in [3.63, 3.8) is 0 Å². The Labute approximate surface area is 89.4 Å². The Morgan fingerprint density at radius 2 is 2.40 bits per heavy atom. The van der Waals surface area contributed by atoms with Crippen LogP contribution in [0.3, 0.4) is 0 Å². The molecule has 1 fully saturated rings. The fraction of sp³-hybridized carbons (Fsp3) is 0.500. The highest BCUT2D eigenvalue weighted by Gasteiger charge is 2.15. The van der Waals surface area contributed by atoms with Gasteiger partial charge in [0.1, 0.15) is 5.82 Å². The third kappa shape index (κ3) is 2.76. The molecule has 82 valence electrons. The van der Waals surface area contributed by atoms with Crippen LogP contribution in [-0.2, 0) is 11.3 Å². The number of hydrogen-bond donors (Lipinski definition) is 1. The SMILES string of the molecule is Cc1ccc(F)c(CNC2CCOC2)c1. The number of nitrogens with one attached hydrogen (secondary N) is 1. The number of hydrogen-bond acceptors (Lipinski definition) is 2. The topological polar surface area (TPSA) is 21.3 Å². The Hall–Kier alpha value is -0.930. The smallest absolute Gasteiger partial charge is 0.127 e. The molecule has 0 aliphatic carbocycles. The van der Waals surface area contributed by atoms with E-state index in [-0.39, 0.29) is 5.82 Å².